The molecule has 1 aliphatic heterocycles. The lowest BCUT2D eigenvalue weighted by Gasteiger charge is -2.27. The maximum atomic E-state index is 12.8. The van der Waals surface area contributed by atoms with E-state index in [1.807, 2.05) is 0 Å². The lowest BCUT2D eigenvalue weighted by atomic mass is 9.85. The lowest BCUT2D eigenvalue weighted by Crippen LogP contribution is -2.41. The van der Waals surface area contributed by atoms with Crippen LogP contribution in [0.5, 0.6) is 0 Å². The summed E-state index contributed by atoms with van der Waals surface area (Å²) in [6, 6.07) is 4.30. The zero-order chi connectivity index (χ0) is 17.2. The first-order valence-electron chi connectivity index (χ1n) is 9.38. The van der Waals surface area contributed by atoms with Gasteiger partial charge in [0.25, 0.3) is 5.91 Å². The molecule has 3 heterocycles. The molecule has 6 heteroatoms. The fourth-order valence-electron chi connectivity index (χ4n) is 3.73. The second-order valence-electron chi connectivity index (χ2n) is 7.25. The number of carbonyl (C=O) groups is 1. The Hall–Kier alpha value is -1.37. The average molecular weight is 362 g/mol. The Morgan fingerprint density at radius 1 is 1.32 bits per heavy atom. The number of amides is 1. The molecule has 0 bridgehead atoms. The van der Waals surface area contributed by atoms with Crippen LogP contribution in [-0.2, 0) is 11.3 Å². The third kappa shape index (κ3) is 3.76. The number of nitrogens with zero attached hydrogens (tertiary/aromatic N) is 2. The van der Waals surface area contributed by atoms with Crippen molar-refractivity contribution in [2.75, 3.05) is 39.4 Å². The van der Waals surface area contributed by atoms with Crippen LogP contribution in [0.25, 0.3) is 10.2 Å². The van der Waals surface area contributed by atoms with Gasteiger partial charge < -0.3 is 14.6 Å². The Morgan fingerprint density at radius 3 is 2.84 bits per heavy atom. The number of fused-ring (bicyclic) bond motifs is 1. The number of hydrogen-bond donors (Lipinski definition) is 1. The molecule has 5 nitrogen and oxygen atoms in total. The minimum atomic E-state index is 0.0636. The Kier molecular flexibility index (Phi) is 5.10. The molecule has 0 aromatic carbocycles. The van der Waals surface area contributed by atoms with E-state index in [1.54, 1.807) is 11.3 Å². The Bertz CT molecular complexity index is 741. The van der Waals surface area contributed by atoms with Crippen molar-refractivity contribution in [3.05, 3.63) is 22.7 Å². The fourth-order valence-corrected chi connectivity index (χ4v) is 4.69. The summed E-state index contributed by atoms with van der Waals surface area (Å²) >= 11 is 1.78. The van der Waals surface area contributed by atoms with Gasteiger partial charge in [-0.25, -0.2) is 0 Å². The Labute approximate surface area is 152 Å². The highest BCUT2D eigenvalue weighted by molar-refractivity contribution is 7.19. The van der Waals surface area contributed by atoms with E-state index in [1.165, 1.54) is 34.4 Å². The van der Waals surface area contributed by atoms with Gasteiger partial charge in [0.05, 0.1) is 23.4 Å². The summed E-state index contributed by atoms with van der Waals surface area (Å²) < 4.78 is 8.86. The van der Waals surface area contributed by atoms with E-state index in [9.17, 15) is 4.79 Å². The first-order chi connectivity index (χ1) is 12.2. The molecule has 1 N–H and O–H groups in total. The zero-order valence-electron chi connectivity index (χ0n) is 14.9. The predicted octanol–water partition coefficient (Wildman–Crippen LogP) is 2.87. The van der Waals surface area contributed by atoms with Crippen LogP contribution in [0.15, 0.2) is 12.1 Å². The molecule has 0 unspecified atom stereocenters. The number of morpholine rings is 1. The summed E-state index contributed by atoms with van der Waals surface area (Å²) in [6.45, 7) is 8.23. The summed E-state index contributed by atoms with van der Waals surface area (Å²) in [5.74, 6) is 0.796. The topological polar surface area (TPSA) is 46.5 Å². The van der Waals surface area contributed by atoms with Gasteiger partial charge in [-0.2, -0.15) is 0 Å². The molecule has 1 aliphatic carbocycles. The highest BCUT2D eigenvalue weighted by Gasteiger charge is 2.23. The summed E-state index contributed by atoms with van der Waals surface area (Å²) in [6.07, 6.45) is 3.92. The van der Waals surface area contributed by atoms with Gasteiger partial charge in [0.15, 0.2) is 0 Å². The molecule has 4 rings (SSSR count). The second-order valence-corrected chi connectivity index (χ2v) is 8.54. The number of carbonyl (C=O) groups excluding carboxylic acids is 1. The first kappa shape index (κ1) is 17.1. The van der Waals surface area contributed by atoms with Crippen LogP contribution in [0, 0.1) is 12.8 Å². The van der Waals surface area contributed by atoms with E-state index in [2.05, 4.69) is 33.8 Å². The molecule has 2 aromatic heterocycles. The van der Waals surface area contributed by atoms with Crippen LogP contribution >= 0.6 is 11.3 Å². The smallest absolute Gasteiger partial charge is 0.268 e. The van der Waals surface area contributed by atoms with Crippen molar-refractivity contribution in [2.24, 2.45) is 5.92 Å². The Balaban J connectivity index is 1.44. The monoisotopic (exact) mass is 361 g/mol. The third-order valence-electron chi connectivity index (χ3n) is 5.43. The average Bonchev–Trinajstić information content (AvgIpc) is 3.08. The number of aryl methyl sites for hydroxylation is 1. The minimum Gasteiger partial charge on any atom is -0.379 e. The SMILES string of the molecule is Cc1cc2c(cc(C(=O)NCCN3CCOCC3)n2CC2CCC2)s1. The normalized spacial score (nSPS) is 19.2. The predicted molar refractivity (Wildman–Crippen MR) is 101 cm³/mol. The maximum absolute atomic E-state index is 12.8. The van der Waals surface area contributed by atoms with Crippen molar-refractivity contribution < 1.29 is 9.53 Å². The number of ether oxygens (including phenoxy) is 1. The van der Waals surface area contributed by atoms with Crippen LogP contribution in [0.4, 0.5) is 0 Å². The van der Waals surface area contributed by atoms with Gasteiger partial charge in [0.2, 0.25) is 0 Å². The van der Waals surface area contributed by atoms with Crippen molar-refractivity contribution in [3.63, 3.8) is 0 Å². The minimum absolute atomic E-state index is 0.0636. The lowest BCUT2D eigenvalue weighted by molar-refractivity contribution is 0.0383. The van der Waals surface area contributed by atoms with Crippen LogP contribution in [0.3, 0.4) is 0 Å². The van der Waals surface area contributed by atoms with Crippen molar-refractivity contribution in [2.45, 2.75) is 32.7 Å². The summed E-state index contributed by atoms with van der Waals surface area (Å²) in [5.41, 5.74) is 2.06. The number of aromatic nitrogens is 1. The van der Waals surface area contributed by atoms with Crippen molar-refractivity contribution in [1.82, 2.24) is 14.8 Å². The maximum Gasteiger partial charge on any atom is 0.268 e. The van der Waals surface area contributed by atoms with E-state index >= 15 is 0 Å². The van der Waals surface area contributed by atoms with Crippen molar-refractivity contribution in [3.8, 4) is 0 Å². The number of hydrogen-bond acceptors (Lipinski definition) is 4. The molecular formula is C19H27N3O2S. The van der Waals surface area contributed by atoms with Crippen LogP contribution in [0.1, 0.15) is 34.6 Å². The van der Waals surface area contributed by atoms with Crippen LogP contribution in [-0.4, -0.2) is 54.8 Å². The van der Waals surface area contributed by atoms with E-state index in [0.29, 0.717) is 6.54 Å². The van der Waals surface area contributed by atoms with Crippen molar-refractivity contribution >= 4 is 27.5 Å². The van der Waals surface area contributed by atoms with Crippen LogP contribution in [0.2, 0.25) is 0 Å². The highest BCUT2D eigenvalue weighted by Crippen LogP contribution is 2.33. The molecule has 1 saturated carbocycles. The summed E-state index contributed by atoms with van der Waals surface area (Å²) in [7, 11) is 0. The van der Waals surface area contributed by atoms with Gasteiger partial charge >= 0.3 is 0 Å². The molecule has 2 aliphatic rings. The molecule has 1 saturated heterocycles. The van der Waals surface area contributed by atoms with Gasteiger partial charge in [0.1, 0.15) is 5.69 Å². The molecule has 2 aromatic rings. The molecule has 136 valence electrons. The Morgan fingerprint density at radius 2 is 2.12 bits per heavy atom. The van der Waals surface area contributed by atoms with Gasteiger partial charge in [-0.1, -0.05) is 6.42 Å². The molecule has 0 radical (unpaired) electrons. The fraction of sp³-hybridized carbons (Fsp3) is 0.632. The molecule has 25 heavy (non-hydrogen) atoms. The van der Waals surface area contributed by atoms with E-state index in [0.717, 1.165) is 51.0 Å². The molecular weight excluding hydrogens is 334 g/mol. The molecule has 0 atom stereocenters. The van der Waals surface area contributed by atoms with E-state index in [-0.39, 0.29) is 5.91 Å². The largest absolute Gasteiger partial charge is 0.379 e. The van der Waals surface area contributed by atoms with Gasteiger partial charge in [-0.05, 0) is 37.8 Å². The number of rotatable bonds is 6. The van der Waals surface area contributed by atoms with E-state index in [4.69, 9.17) is 4.74 Å². The summed E-state index contributed by atoms with van der Waals surface area (Å²) in [4.78, 5) is 16.4. The second kappa shape index (κ2) is 7.48. The third-order valence-corrected chi connectivity index (χ3v) is 6.41. The molecule has 0 spiro atoms. The zero-order valence-corrected chi connectivity index (χ0v) is 15.7. The van der Waals surface area contributed by atoms with Gasteiger partial charge in [-0.15, -0.1) is 11.3 Å². The standard InChI is InChI=1S/C19H27N3O2S/c1-14-11-16-18(25-14)12-17(22(16)13-15-3-2-4-15)19(23)20-5-6-21-7-9-24-10-8-21/h11-12,15H,2-10,13H2,1H3,(H,20,23). The molecule has 2 fully saturated rings. The highest BCUT2D eigenvalue weighted by atomic mass is 32.1. The van der Waals surface area contributed by atoms with Gasteiger partial charge in [0, 0.05) is 37.6 Å². The quantitative estimate of drug-likeness (QED) is 0.861. The number of thiophene rings is 1. The number of nitrogens with one attached hydrogen (secondary N) is 1. The van der Waals surface area contributed by atoms with Crippen molar-refractivity contribution in [1.29, 1.82) is 0 Å². The van der Waals surface area contributed by atoms with Gasteiger partial charge in [-0.3, -0.25) is 9.69 Å². The summed E-state index contributed by atoms with van der Waals surface area (Å²) in [5, 5.41) is 3.12. The first-order valence-corrected chi connectivity index (χ1v) is 10.2. The molecule has 1 amide bonds. The van der Waals surface area contributed by atoms with Crippen LogP contribution < -0.4 is 5.32 Å². The van der Waals surface area contributed by atoms with E-state index < -0.39 is 0 Å².